The molecule has 4 heteroatoms. The van der Waals surface area contributed by atoms with Gasteiger partial charge in [-0.05, 0) is 48.8 Å². The fourth-order valence-electron chi connectivity index (χ4n) is 1.47. The van der Waals surface area contributed by atoms with Crippen molar-refractivity contribution in [3.8, 4) is 0 Å². The lowest BCUT2D eigenvalue weighted by atomic mass is 10.1. The van der Waals surface area contributed by atoms with Crippen molar-refractivity contribution in [2.24, 2.45) is 0 Å². The van der Waals surface area contributed by atoms with Gasteiger partial charge in [0.05, 0.1) is 10.2 Å². The summed E-state index contributed by atoms with van der Waals surface area (Å²) in [5, 5.41) is 3.43. The molecule has 0 saturated heterocycles. The maximum Gasteiger partial charge on any atom is 0.151 e. The van der Waals surface area contributed by atoms with Crippen molar-refractivity contribution in [2.45, 2.75) is 32.9 Å². The lowest BCUT2D eigenvalue weighted by Gasteiger charge is -2.19. The molecule has 0 aliphatic rings. The number of nitrogens with one attached hydrogen (secondary N) is 1. The maximum atomic E-state index is 4.57. The summed E-state index contributed by atoms with van der Waals surface area (Å²) in [5.41, 5.74) is 2.14. The zero-order chi connectivity index (χ0) is 11.8. The second-order valence-corrected chi connectivity index (χ2v) is 5.78. The summed E-state index contributed by atoms with van der Waals surface area (Å²) in [7, 11) is 0. The quantitative estimate of drug-likeness (QED) is 0.917. The van der Waals surface area contributed by atoms with E-state index < -0.39 is 0 Å². The molecule has 0 aromatic carbocycles. The summed E-state index contributed by atoms with van der Waals surface area (Å²) >= 11 is 3.50. The molecule has 0 aliphatic heterocycles. The highest BCUT2D eigenvalue weighted by molar-refractivity contribution is 9.10. The van der Waals surface area contributed by atoms with E-state index in [0.29, 0.717) is 0 Å². The Morgan fingerprint density at radius 3 is 2.81 bits per heavy atom. The van der Waals surface area contributed by atoms with E-state index in [1.54, 1.807) is 0 Å². The topological polar surface area (TPSA) is 29.3 Å². The molecule has 0 fully saturated rings. The highest BCUT2D eigenvalue weighted by atomic mass is 79.9. The van der Waals surface area contributed by atoms with Crippen LogP contribution in [-0.4, -0.2) is 14.9 Å². The van der Waals surface area contributed by atoms with E-state index >= 15 is 0 Å². The average molecular weight is 282 g/mol. The largest absolute Gasteiger partial charge is 0.306 e. The zero-order valence-corrected chi connectivity index (χ0v) is 11.4. The zero-order valence-electron chi connectivity index (χ0n) is 9.79. The summed E-state index contributed by atoms with van der Waals surface area (Å²) in [6, 6.07) is 4.00. The van der Waals surface area contributed by atoms with E-state index in [-0.39, 0.29) is 5.54 Å². The van der Waals surface area contributed by atoms with Gasteiger partial charge in [-0.15, -0.1) is 0 Å². The highest BCUT2D eigenvalue weighted by Crippen LogP contribution is 2.17. The fraction of sp³-hybridized carbons (Fsp3) is 0.417. The van der Waals surface area contributed by atoms with Crippen LogP contribution in [-0.2, 0) is 6.54 Å². The predicted molar refractivity (Wildman–Crippen MR) is 69.5 cm³/mol. The monoisotopic (exact) mass is 281 g/mol. The van der Waals surface area contributed by atoms with Crippen molar-refractivity contribution in [3.05, 3.63) is 34.7 Å². The minimum Gasteiger partial charge on any atom is -0.306 e. The van der Waals surface area contributed by atoms with E-state index in [4.69, 9.17) is 0 Å². The summed E-state index contributed by atoms with van der Waals surface area (Å²) in [6.07, 6.45) is 4.06. The van der Waals surface area contributed by atoms with Crippen molar-refractivity contribution in [1.29, 1.82) is 0 Å². The van der Waals surface area contributed by atoms with Crippen molar-refractivity contribution in [3.63, 3.8) is 0 Å². The third kappa shape index (κ3) is 2.62. The van der Waals surface area contributed by atoms with Gasteiger partial charge in [-0.25, -0.2) is 4.98 Å². The molecular weight excluding hydrogens is 266 g/mol. The first kappa shape index (κ1) is 11.6. The molecule has 16 heavy (non-hydrogen) atoms. The Labute approximate surface area is 104 Å². The first-order chi connectivity index (χ1) is 7.46. The molecule has 0 unspecified atom stereocenters. The van der Waals surface area contributed by atoms with Crippen LogP contribution in [0.15, 0.2) is 29.0 Å². The number of nitrogens with zero attached hydrogens (tertiary/aromatic N) is 2. The van der Waals surface area contributed by atoms with Crippen LogP contribution in [0.2, 0.25) is 0 Å². The normalized spacial score (nSPS) is 12.2. The molecule has 0 bridgehead atoms. The molecule has 0 saturated carbocycles. The van der Waals surface area contributed by atoms with Crippen LogP contribution in [0.25, 0.3) is 5.65 Å². The lowest BCUT2D eigenvalue weighted by Crippen LogP contribution is -2.35. The van der Waals surface area contributed by atoms with Crippen molar-refractivity contribution < 1.29 is 0 Å². The van der Waals surface area contributed by atoms with Crippen LogP contribution >= 0.6 is 15.9 Å². The molecule has 0 spiro atoms. The first-order valence-corrected chi connectivity index (χ1v) is 6.12. The summed E-state index contributed by atoms with van der Waals surface area (Å²) in [4.78, 5) is 4.57. The molecule has 86 valence electrons. The number of halogens is 1. The molecule has 0 amide bonds. The Hall–Kier alpha value is -0.870. The Morgan fingerprint density at radius 2 is 2.19 bits per heavy atom. The number of rotatable bonds is 2. The van der Waals surface area contributed by atoms with Crippen molar-refractivity contribution in [2.75, 3.05) is 0 Å². The molecule has 2 aromatic rings. The van der Waals surface area contributed by atoms with Crippen LogP contribution in [0.5, 0.6) is 0 Å². The van der Waals surface area contributed by atoms with Crippen molar-refractivity contribution >= 4 is 21.6 Å². The average Bonchev–Trinajstić information content (AvgIpc) is 2.58. The van der Waals surface area contributed by atoms with Crippen LogP contribution in [0.1, 0.15) is 26.5 Å². The first-order valence-electron chi connectivity index (χ1n) is 5.33. The molecule has 2 rings (SSSR count). The van der Waals surface area contributed by atoms with Gasteiger partial charge in [0.15, 0.2) is 5.65 Å². The lowest BCUT2D eigenvalue weighted by molar-refractivity contribution is 0.422. The molecular formula is C12H16BrN3. The third-order valence-corrected chi connectivity index (χ3v) is 2.90. The molecule has 0 aliphatic carbocycles. The van der Waals surface area contributed by atoms with Gasteiger partial charge in [0.2, 0.25) is 0 Å². The van der Waals surface area contributed by atoms with Crippen LogP contribution in [0.3, 0.4) is 0 Å². The number of hydrogen-bond acceptors (Lipinski definition) is 2. The van der Waals surface area contributed by atoms with Crippen molar-refractivity contribution in [1.82, 2.24) is 14.7 Å². The van der Waals surface area contributed by atoms with E-state index in [2.05, 4.69) is 53.2 Å². The number of hydrogen-bond donors (Lipinski definition) is 1. The van der Waals surface area contributed by atoms with Gasteiger partial charge in [0.25, 0.3) is 0 Å². The minimum atomic E-state index is 0.118. The van der Waals surface area contributed by atoms with Gasteiger partial charge >= 0.3 is 0 Å². The standard InChI is InChI=1S/C12H16BrN3/c1-12(2,3)14-7-9-8-16-6-4-5-10(13)11(16)15-9/h4-6,8,14H,7H2,1-3H3. The molecule has 2 aromatic heterocycles. The minimum absolute atomic E-state index is 0.118. The smallest absolute Gasteiger partial charge is 0.151 e. The third-order valence-electron chi connectivity index (χ3n) is 2.28. The Bertz CT molecular complexity index is 496. The van der Waals surface area contributed by atoms with Gasteiger partial charge in [-0.1, -0.05) is 0 Å². The summed E-state index contributed by atoms with van der Waals surface area (Å²) in [5.74, 6) is 0. The van der Waals surface area contributed by atoms with Gasteiger partial charge in [-0.3, -0.25) is 0 Å². The molecule has 0 radical (unpaired) electrons. The molecule has 3 nitrogen and oxygen atoms in total. The second kappa shape index (κ2) is 4.18. The summed E-state index contributed by atoms with van der Waals surface area (Å²) < 4.78 is 3.06. The van der Waals surface area contributed by atoms with Crippen LogP contribution < -0.4 is 5.32 Å². The number of aromatic nitrogens is 2. The fourth-order valence-corrected chi connectivity index (χ4v) is 1.92. The number of pyridine rings is 1. The van der Waals surface area contributed by atoms with E-state index in [0.717, 1.165) is 22.4 Å². The Morgan fingerprint density at radius 1 is 1.44 bits per heavy atom. The number of imidazole rings is 1. The van der Waals surface area contributed by atoms with Gasteiger partial charge in [0.1, 0.15) is 0 Å². The van der Waals surface area contributed by atoms with E-state index in [1.165, 1.54) is 0 Å². The summed E-state index contributed by atoms with van der Waals surface area (Å²) in [6.45, 7) is 7.24. The predicted octanol–water partition coefficient (Wildman–Crippen LogP) is 2.98. The highest BCUT2D eigenvalue weighted by Gasteiger charge is 2.10. The van der Waals surface area contributed by atoms with Crippen LogP contribution in [0.4, 0.5) is 0 Å². The Kier molecular flexibility index (Phi) is 3.04. The maximum absolute atomic E-state index is 4.57. The number of fused-ring (bicyclic) bond motifs is 1. The second-order valence-electron chi connectivity index (χ2n) is 4.92. The SMILES string of the molecule is CC(C)(C)NCc1cn2cccc(Br)c2n1. The molecule has 1 N–H and O–H groups in total. The Balaban J connectivity index is 2.24. The molecule has 0 atom stereocenters. The van der Waals surface area contributed by atoms with Gasteiger partial charge in [-0.2, -0.15) is 0 Å². The van der Waals surface area contributed by atoms with E-state index in [1.807, 2.05) is 22.7 Å². The van der Waals surface area contributed by atoms with Gasteiger partial charge in [0, 0.05) is 24.5 Å². The van der Waals surface area contributed by atoms with Gasteiger partial charge < -0.3 is 9.72 Å². The van der Waals surface area contributed by atoms with Crippen LogP contribution in [0, 0.1) is 0 Å². The molecule has 2 heterocycles. The van der Waals surface area contributed by atoms with E-state index in [9.17, 15) is 0 Å².